The SMILES string of the molecule is O=c1[nH]c2ccc(S(=O)(=O)Nc3cc(-c4nnc5n4CCCCC5)c(F)cc3F)cc2o1. The van der Waals surface area contributed by atoms with E-state index in [-0.39, 0.29) is 21.9 Å². The van der Waals surface area contributed by atoms with E-state index in [2.05, 4.69) is 19.9 Å². The topological polar surface area (TPSA) is 123 Å². The van der Waals surface area contributed by atoms with Gasteiger partial charge in [0.1, 0.15) is 17.5 Å². The van der Waals surface area contributed by atoms with Crippen molar-refractivity contribution < 1.29 is 21.6 Å². The standard InChI is InChI=1S/C20H17F2N5O4S/c21-13-10-14(22)16(9-12(13)19-25-24-18-4-2-1-3-7-27(18)19)26-32(29,30)11-5-6-15-17(8-11)31-20(28)23-15/h5-6,8-10,26H,1-4,7H2,(H,23,28). The summed E-state index contributed by atoms with van der Waals surface area (Å²) in [6.45, 7) is 0.595. The number of H-pyrrole nitrogens is 1. The van der Waals surface area contributed by atoms with Gasteiger partial charge in [0.05, 0.1) is 21.7 Å². The zero-order chi connectivity index (χ0) is 22.5. The van der Waals surface area contributed by atoms with Crippen molar-refractivity contribution in [2.45, 2.75) is 37.1 Å². The molecule has 166 valence electrons. The molecule has 0 bridgehead atoms. The van der Waals surface area contributed by atoms with E-state index in [1.165, 1.54) is 12.1 Å². The number of aromatic nitrogens is 4. The van der Waals surface area contributed by atoms with Gasteiger partial charge in [-0.2, -0.15) is 0 Å². The van der Waals surface area contributed by atoms with E-state index in [0.717, 1.165) is 31.4 Å². The molecule has 0 spiro atoms. The van der Waals surface area contributed by atoms with Crippen LogP contribution in [0.25, 0.3) is 22.5 Å². The lowest BCUT2D eigenvalue weighted by Gasteiger charge is -2.12. The molecule has 4 aromatic rings. The summed E-state index contributed by atoms with van der Waals surface area (Å²) in [6.07, 6.45) is 3.53. The van der Waals surface area contributed by atoms with Crippen molar-refractivity contribution in [2.75, 3.05) is 4.72 Å². The summed E-state index contributed by atoms with van der Waals surface area (Å²) in [5, 5.41) is 8.17. The third kappa shape index (κ3) is 3.55. The second-order valence-electron chi connectivity index (χ2n) is 7.49. The Hall–Kier alpha value is -3.54. The van der Waals surface area contributed by atoms with E-state index < -0.39 is 33.1 Å². The number of hydrogen-bond donors (Lipinski definition) is 2. The van der Waals surface area contributed by atoms with Crippen LogP contribution in [0.15, 0.2) is 44.4 Å². The molecular formula is C20H17F2N5O4S. The van der Waals surface area contributed by atoms with E-state index in [4.69, 9.17) is 4.42 Å². The van der Waals surface area contributed by atoms with Gasteiger partial charge < -0.3 is 8.98 Å². The van der Waals surface area contributed by atoms with Crippen LogP contribution in [-0.4, -0.2) is 28.2 Å². The molecule has 0 unspecified atom stereocenters. The van der Waals surface area contributed by atoms with E-state index in [1.54, 1.807) is 4.57 Å². The number of fused-ring (bicyclic) bond motifs is 2. The van der Waals surface area contributed by atoms with E-state index in [9.17, 15) is 22.0 Å². The largest absolute Gasteiger partial charge is 0.417 e. The van der Waals surface area contributed by atoms with Crippen LogP contribution in [0.2, 0.25) is 0 Å². The Balaban J connectivity index is 1.54. The summed E-state index contributed by atoms with van der Waals surface area (Å²) in [6, 6.07) is 5.40. The molecule has 0 amide bonds. The Kier molecular flexibility index (Phi) is 4.81. The maximum Gasteiger partial charge on any atom is 0.417 e. The summed E-state index contributed by atoms with van der Waals surface area (Å²) in [5.74, 6) is -1.76. The first-order chi connectivity index (χ1) is 15.3. The fourth-order valence-electron chi connectivity index (χ4n) is 3.78. The number of nitrogens with zero attached hydrogens (tertiary/aromatic N) is 3. The van der Waals surface area contributed by atoms with Gasteiger partial charge in [-0.1, -0.05) is 6.42 Å². The number of sulfonamides is 1. The molecule has 0 aliphatic carbocycles. The third-order valence-corrected chi connectivity index (χ3v) is 6.72. The fraction of sp³-hybridized carbons (Fsp3) is 0.250. The number of rotatable bonds is 4. The summed E-state index contributed by atoms with van der Waals surface area (Å²) in [5.41, 5.74) is -0.152. The highest BCUT2D eigenvalue weighted by Crippen LogP contribution is 2.30. The molecule has 9 nitrogen and oxygen atoms in total. The summed E-state index contributed by atoms with van der Waals surface area (Å²) in [7, 11) is -4.27. The van der Waals surface area contributed by atoms with Crippen LogP contribution >= 0.6 is 0 Å². The molecule has 32 heavy (non-hydrogen) atoms. The van der Waals surface area contributed by atoms with Crippen molar-refractivity contribution in [3.63, 3.8) is 0 Å². The van der Waals surface area contributed by atoms with Crippen LogP contribution in [0.3, 0.4) is 0 Å². The summed E-state index contributed by atoms with van der Waals surface area (Å²) in [4.78, 5) is 13.5. The van der Waals surface area contributed by atoms with Crippen molar-refractivity contribution in [1.29, 1.82) is 0 Å². The average molecular weight is 461 g/mol. The predicted molar refractivity (Wildman–Crippen MR) is 111 cm³/mol. The van der Waals surface area contributed by atoms with E-state index in [0.29, 0.717) is 30.4 Å². The molecule has 1 aliphatic rings. The lowest BCUT2D eigenvalue weighted by atomic mass is 10.1. The minimum absolute atomic E-state index is 0.0318. The molecule has 0 saturated carbocycles. The first-order valence-corrected chi connectivity index (χ1v) is 11.4. The van der Waals surface area contributed by atoms with Gasteiger partial charge in [0.15, 0.2) is 11.4 Å². The Bertz CT molecular complexity index is 1510. The van der Waals surface area contributed by atoms with E-state index in [1.807, 2.05) is 0 Å². The molecule has 2 aromatic heterocycles. The number of benzene rings is 2. The molecule has 2 N–H and O–H groups in total. The zero-order valence-electron chi connectivity index (χ0n) is 16.6. The van der Waals surface area contributed by atoms with Crippen molar-refractivity contribution >= 4 is 26.8 Å². The summed E-state index contributed by atoms with van der Waals surface area (Å²) < 4.78 is 63.6. The molecule has 0 radical (unpaired) electrons. The highest BCUT2D eigenvalue weighted by molar-refractivity contribution is 7.92. The number of aryl methyl sites for hydroxylation is 1. The highest BCUT2D eigenvalue weighted by atomic mass is 32.2. The molecule has 1 aliphatic heterocycles. The highest BCUT2D eigenvalue weighted by Gasteiger charge is 2.23. The average Bonchev–Trinajstić information content (AvgIpc) is 3.23. The van der Waals surface area contributed by atoms with Gasteiger partial charge in [-0.05, 0) is 31.0 Å². The lowest BCUT2D eigenvalue weighted by Crippen LogP contribution is -2.14. The quantitative estimate of drug-likeness (QED) is 0.481. The Morgan fingerprint density at radius 3 is 2.75 bits per heavy atom. The van der Waals surface area contributed by atoms with Crippen molar-refractivity contribution in [3.05, 3.63) is 58.3 Å². The number of halogens is 2. The minimum Gasteiger partial charge on any atom is -0.408 e. The van der Waals surface area contributed by atoms with Crippen LogP contribution in [0.1, 0.15) is 25.1 Å². The molecule has 2 aromatic carbocycles. The van der Waals surface area contributed by atoms with Gasteiger partial charge >= 0.3 is 5.76 Å². The number of nitrogens with one attached hydrogen (secondary N) is 2. The molecule has 0 atom stereocenters. The second-order valence-corrected chi connectivity index (χ2v) is 9.17. The molecule has 5 rings (SSSR count). The number of anilines is 1. The maximum absolute atomic E-state index is 14.7. The summed E-state index contributed by atoms with van der Waals surface area (Å²) >= 11 is 0. The minimum atomic E-state index is -4.27. The monoisotopic (exact) mass is 461 g/mol. The number of aromatic amines is 1. The smallest absolute Gasteiger partial charge is 0.408 e. The van der Waals surface area contributed by atoms with Crippen LogP contribution in [0, 0.1) is 11.6 Å². The lowest BCUT2D eigenvalue weighted by molar-refractivity contribution is 0.554. The van der Waals surface area contributed by atoms with Gasteiger partial charge in [0, 0.05) is 25.1 Å². The Labute approximate surface area is 180 Å². The van der Waals surface area contributed by atoms with Crippen LogP contribution in [-0.2, 0) is 23.0 Å². The fourth-order valence-corrected chi connectivity index (χ4v) is 4.85. The Morgan fingerprint density at radius 2 is 1.91 bits per heavy atom. The van der Waals surface area contributed by atoms with Crippen molar-refractivity contribution in [2.24, 2.45) is 0 Å². The van der Waals surface area contributed by atoms with Gasteiger partial charge in [0.2, 0.25) is 0 Å². The van der Waals surface area contributed by atoms with Gasteiger partial charge in [-0.15, -0.1) is 10.2 Å². The van der Waals surface area contributed by atoms with Gasteiger partial charge in [0.25, 0.3) is 10.0 Å². The normalized spacial score (nSPS) is 14.3. The molecular weight excluding hydrogens is 444 g/mol. The third-order valence-electron chi connectivity index (χ3n) is 5.35. The second kappa shape index (κ2) is 7.55. The molecule has 0 saturated heterocycles. The van der Waals surface area contributed by atoms with Crippen LogP contribution in [0.5, 0.6) is 0 Å². The van der Waals surface area contributed by atoms with Crippen LogP contribution < -0.4 is 10.5 Å². The molecule has 0 fully saturated rings. The van der Waals surface area contributed by atoms with Crippen LogP contribution in [0.4, 0.5) is 14.5 Å². The van der Waals surface area contributed by atoms with Gasteiger partial charge in [-0.3, -0.25) is 9.71 Å². The molecule has 3 heterocycles. The number of hydrogen-bond acceptors (Lipinski definition) is 6. The Morgan fingerprint density at radius 1 is 1.06 bits per heavy atom. The number of oxazole rings is 1. The maximum atomic E-state index is 14.7. The first-order valence-electron chi connectivity index (χ1n) is 9.89. The van der Waals surface area contributed by atoms with Gasteiger partial charge in [-0.25, -0.2) is 22.0 Å². The van der Waals surface area contributed by atoms with Crippen molar-refractivity contribution in [1.82, 2.24) is 19.7 Å². The predicted octanol–water partition coefficient (Wildman–Crippen LogP) is 3.19. The zero-order valence-corrected chi connectivity index (χ0v) is 17.4. The van der Waals surface area contributed by atoms with Crippen molar-refractivity contribution in [3.8, 4) is 11.4 Å². The van der Waals surface area contributed by atoms with E-state index >= 15 is 0 Å². The molecule has 12 heteroatoms. The first kappa shape index (κ1) is 20.4.